The van der Waals surface area contributed by atoms with Crippen LogP contribution in [0.3, 0.4) is 0 Å². The van der Waals surface area contributed by atoms with E-state index in [0.29, 0.717) is 23.7 Å². The summed E-state index contributed by atoms with van der Waals surface area (Å²) in [7, 11) is 2.03. The number of carbonyl (C=O) groups excluding carboxylic acids is 2. The van der Waals surface area contributed by atoms with Crippen molar-refractivity contribution in [2.24, 2.45) is 13.0 Å². The van der Waals surface area contributed by atoms with Gasteiger partial charge in [-0.05, 0) is 55.3 Å². The van der Waals surface area contributed by atoms with Crippen LogP contribution in [0.4, 0.5) is 5.69 Å². The number of imidazole rings is 1. The molecule has 1 aliphatic carbocycles. The van der Waals surface area contributed by atoms with E-state index in [0.717, 1.165) is 67.9 Å². The first kappa shape index (κ1) is 23.8. The number of aryl methyl sites for hydroxylation is 1. The number of rotatable bonds is 5. The zero-order chi connectivity index (χ0) is 24.4. The van der Waals surface area contributed by atoms with E-state index in [1.165, 1.54) is 6.42 Å². The fourth-order valence-electron chi connectivity index (χ4n) is 5.16. The first-order valence-corrected chi connectivity index (χ1v) is 12.9. The maximum Gasteiger partial charge on any atom is 0.253 e. The minimum Gasteiger partial charge on any atom is -0.336 e. The van der Waals surface area contributed by atoms with Crippen LogP contribution in [0, 0.1) is 5.92 Å². The molecule has 184 valence electrons. The van der Waals surface area contributed by atoms with Crippen LogP contribution < -0.4 is 5.32 Å². The van der Waals surface area contributed by atoms with Crippen LogP contribution in [0.1, 0.15) is 48.3 Å². The highest BCUT2D eigenvalue weighted by atomic mass is 35.5. The number of nitrogens with one attached hydrogen (secondary N) is 1. The van der Waals surface area contributed by atoms with Crippen molar-refractivity contribution >= 4 is 40.1 Å². The van der Waals surface area contributed by atoms with Gasteiger partial charge < -0.3 is 14.8 Å². The molecule has 2 amide bonds. The molecule has 0 radical (unpaired) electrons. The summed E-state index contributed by atoms with van der Waals surface area (Å²) >= 11 is 5.95. The van der Waals surface area contributed by atoms with Crippen LogP contribution >= 0.6 is 11.6 Å². The minimum absolute atomic E-state index is 0.0480. The molecule has 1 N–H and O–H groups in total. The summed E-state index contributed by atoms with van der Waals surface area (Å²) in [5, 5.41) is 3.73. The second kappa shape index (κ2) is 10.4. The molecule has 0 bridgehead atoms. The smallest absolute Gasteiger partial charge is 0.253 e. The number of carbonyl (C=O) groups is 2. The predicted octanol–water partition coefficient (Wildman–Crippen LogP) is 4.70. The van der Waals surface area contributed by atoms with Crippen molar-refractivity contribution < 1.29 is 9.59 Å². The third-order valence-electron chi connectivity index (χ3n) is 7.33. The van der Waals surface area contributed by atoms with Gasteiger partial charge in [-0.2, -0.15) is 0 Å². The van der Waals surface area contributed by atoms with E-state index in [9.17, 15) is 9.59 Å². The molecule has 0 unspecified atom stereocenters. The van der Waals surface area contributed by atoms with Crippen molar-refractivity contribution in [3.8, 4) is 0 Å². The standard InChI is InChI=1S/C27H32ClN5O2/c1-31-24-12-11-22(29-26(34)19-5-3-2-4-6-19)17-23(24)30-25(31)18-32-13-15-33(16-14-32)27(35)20-7-9-21(28)10-8-20/h7-12,17,19H,2-6,13-16,18H2,1H3,(H,29,34). The Morgan fingerprint density at radius 1 is 1.00 bits per heavy atom. The molecule has 7 nitrogen and oxygen atoms in total. The van der Waals surface area contributed by atoms with Crippen LogP contribution in [-0.2, 0) is 18.4 Å². The lowest BCUT2D eigenvalue weighted by molar-refractivity contribution is -0.120. The van der Waals surface area contributed by atoms with E-state index in [2.05, 4.69) is 14.8 Å². The van der Waals surface area contributed by atoms with Crippen LogP contribution in [0.25, 0.3) is 11.0 Å². The zero-order valence-electron chi connectivity index (χ0n) is 20.2. The van der Waals surface area contributed by atoms with Crippen LogP contribution in [0.15, 0.2) is 42.5 Å². The Bertz CT molecular complexity index is 1210. The van der Waals surface area contributed by atoms with Crippen LogP contribution in [0.5, 0.6) is 0 Å². The van der Waals surface area contributed by atoms with Gasteiger partial charge in [-0.15, -0.1) is 0 Å². The number of piperazine rings is 1. The average molecular weight is 494 g/mol. The molecule has 1 saturated carbocycles. The number of hydrogen-bond donors (Lipinski definition) is 1. The summed E-state index contributed by atoms with van der Waals surface area (Å²) in [6.07, 6.45) is 5.50. The summed E-state index contributed by atoms with van der Waals surface area (Å²) < 4.78 is 2.12. The topological polar surface area (TPSA) is 70.5 Å². The Morgan fingerprint density at radius 3 is 2.43 bits per heavy atom. The molecule has 5 rings (SSSR count). The lowest BCUT2D eigenvalue weighted by Crippen LogP contribution is -2.48. The number of hydrogen-bond acceptors (Lipinski definition) is 4. The second-order valence-electron chi connectivity index (χ2n) is 9.69. The van der Waals surface area contributed by atoms with E-state index in [-0.39, 0.29) is 17.7 Å². The highest BCUT2D eigenvalue weighted by Crippen LogP contribution is 2.26. The van der Waals surface area contributed by atoms with E-state index < -0.39 is 0 Å². The average Bonchev–Trinajstić information content (AvgIpc) is 3.19. The predicted molar refractivity (Wildman–Crippen MR) is 139 cm³/mol. The van der Waals surface area contributed by atoms with Crippen molar-refractivity contribution in [1.29, 1.82) is 0 Å². The number of anilines is 1. The first-order chi connectivity index (χ1) is 17.0. The molecule has 2 heterocycles. The highest BCUT2D eigenvalue weighted by molar-refractivity contribution is 6.30. The highest BCUT2D eigenvalue weighted by Gasteiger charge is 2.24. The lowest BCUT2D eigenvalue weighted by Gasteiger charge is -2.34. The number of halogens is 1. The van der Waals surface area contributed by atoms with Gasteiger partial charge in [0.05, 0.1) is 17.6 Å². The van der Waals surface area contributed by atoms with Crippen molar-refractivity contribution in [1.82, 2.24) is 19.4 Å². The Kier molecular flexibility index (Phi) is 7.07. The maximum absolute atomic E-state index is 12.8. The van der Waals surface area contributed by atoms with Crippen molar-refractivity contribution in [2.45, 2.75) is 38.6 Å². The maximum atomic E-state index is 12.8. The number of fused-ring (bicyclic) bond motifs is 1. The van der Waals surface area contributed by atoms with Gasteiger partial charge in [-0.3, -0.25) is 14.5 Å². The molecule has 1 aliphatic heterocycles. The van der Waals surface area contributed by atoms with Gasteiger partial charge in [0.15, 0.2) is 0 Å². The Balaban J connectivity index is 1.20. The molecule has 8 heteroatoms. The quantitative estimate of drug-likeness (QED) is 0.559. The van der Waals surface area contributed by atoms with Crippen molar-refractivity contribution in [2.75, 3.05) is 31.5 Å². The summed E-state index contributed by atoms with van der Waals surface area (Å²) in [6.45, 7) is 3.68. The fourth-order valence-corrected chi connectivity index (χ4v) is 5.29. The van der Waals surface area contributed by atoms with Crippen LogP contribution in [0.2, 0.25) is 5.02 Å². The first-order valence-electron chi connectivity index (χ1n) is 12.5. The van der Waals surface area contributed by atoms with Gasteiger partial charge in [-0.1, -0.05) is 30.9 Å². The summed E-state index contributed by atoms with van der Waals surface area (Å²) in [4.78, 5) is 34.5. The molecule has 0 spiro atoms. The molecule has 2 aromatic carbocycles. The Morgan fingerprint density at radius 2 is 1.71 bits per heavy atom. The second-order valence-corrected chi connectivity index (χ2v) is 10.1. The Hall–Kier alpha value is -2.90. The van der Waals surface area contributed by atoms with Crippen molar-refractivity contribution in [3.05, 3.63) is 58.9 Å². The number of benzene rings is 2. The minimum atomic E-state index is 0.0480. The molecule has 35 heavy (non-hydrogen) atoms. The molecule has 3 aromatic rings. The molecule has 1 aromatic heterocycles. The number of amides is 2. The van der Waals surface area contributed by atoms with Gasteiger partial charge in [0.1, 0.15) is 5.82 Å². The van der Waals surface area contributed by atoms with E-state index >= 15 is 0 Å². The zero-order valence-corrected chi connectivity index (χ0v) is 20.9. The summed E-state index contributed by atoms with van der Waals surface area (Å²) in [5.74, 6) is 1.29. The van der Waals surface area contributed by atoms with Gasteiger partial charge >= 0.3 is 0 Å². The molecule has 1 saturated heterocycles. The molecule has 2 fully saturated rings. The van der Waals surface area contributed by atoms with Gasteiger partial charge in [-0.25, -0.2) is 4.98 Å². The third-order valence-corrected chi connectivity index (χ3v) is 7.58. The molecular weight excluding hydrogens is 462 g/mol. The number of nitrogens with zero attached hydrogens (tertiary/aromatic N) is 4. The van der Waals surface area contributed by atoms with E-state index in [4.69, 9.17) is 16.6 Å². The normalized spacial score (nSPS) is 17.6. The van der Waals surface area contributed by atoms with Gasteiger partial charge in [0, 0.05) is 55.4 Å². The lowest BCUT2D eigenvalue weighted by atomic mass is 9.88. The molecular formula is C27H32ClN5O2. The van der Waals surface area contributed by atoms with Crippen LogP contribution in [-0.4, -0.2) is 57.3 Å². The largest absolute Gasteiger partial charge is 0.336 e. The monoisotopic (exact) mass is 493 g/mol. The molecule has 2 aliphatic rings. The summed E-state index contributed by atoms with van der Waals surface area (Å²) in [5.41, 5.74) is 3.42. The van der Waals surface area contributed by atoms with E-state index in [1.54, 1.807) is 24.3 Å². The van der Waals surface area contributed by atoms with Crippen molar-refractivity contribution in [3.63, 3.8) is 0 Å². The van der Waals surface area contributed by atoms with Gasteiger partial charge in [0.25, 0.3) is 5.91 Å². The summed E-state index contributed by atoms with van der Waals surface area (Å²) in [6, 6.07) is 13.0. The SMILES string of the molecule is Cn1c(CN2CCN(C(=O)c3ccc(Cl)cc3)CC2)nc2cc(NC(=O)C3CCCCC3)ccc21. The number of aromatic nitrogens is 2. The van der Waals surface area contributed by atoms with E-state index in [1.807, 2.05) is 30.1 Å². The Labute approximate surface area is 211 Å². The third kappa shape index (κ3) is 5.36. The van der Waals surface area contributed by atoms with Gasteiger partial charge in [0.2, 0.25) is 5.91 Å². The molecule has 0 atom stereocenters. The fraction of sp³-hybridized carbons (Fsp3) is 0.444.